The van der Waals surface area contributed by atoms with E-state index in [9.17, 15) is 4.79 Å². The number of ether oxygens (including phenoxy) is 1. The van der Waals surface area contributed by atoms with Gasteiger partial charge in [0.1, 0.15) is 11.4 Å². The van der Waals surface area contributed by atoms with Crippen molar-refractivity contribution in [3.8, 4) is 5.75 Å². The van der Waals surface area contributed by atoms with Gasteiger partial charge in [-0.25, -0.2) is 4.98 Å². The van der Waals surface area contributed by atoms with Crippen molar-refractivity contribution in [1.82, 2.24) is 9.97 Å². The molecule has 100 valence electrons. The molecule has 1 aromatic heterocycles. The molecule has 0 aliphatic rings. The number of hydrogen-bond acceptors (Lipinski definition) is 3. The highest BCUT2D eigenvalue weighted by atomic mass is 16.5. The van der Waals surface area contributed by atoms with Crippen LogP contribution in [0.3, 0.4) is 0 Å². The third kappa shape index (κ3) is 3.84. The maximum absolute atomic E-state index is 11.8. The molecular formula is C14H17N3O2. The molecule has 2 aromatic rings. The molecule has 0 aliphatic heterocycles. The van der Waals surface area contributed by atoms with E-state index in [0.29, 0.717) is 5.69 Å². The number of carbonyl (C=O) groups is 1. The van der Waals surface area contributed by atoms with Gasteiger partial charge in [-0.05, 0) is 45.0 Å². The molecular weight excluding hydrogens is 242 g/mol. The number of hydrogen-bond donors (Lipinski definition) is 2. The number of amides is 1. The van der Waals surface area contributed by atoms with Crippen molar-refractivity contribution in [2.75, 3.05) is 5.32 Å². The van der Waals surface area contributed by atoms with Gasteiger partial charge in [0.2, 0.25) is 0 Å². The molecule has 2 rings (SSSR count). The SMILES string of the molecule is CC(C)(C)Oc1ccc(NC(=O)c2ncc[nH]2)cc1. The summed E-state index contributed by atoms with van der Waals surface area (Å²) in [5.41, 5.74) is 0.460. The second kappa shape index (κ2) is 5.14. The average molecular weight is 259 g/mol. The average Bonchev–Trinajstić information content (AvgIpc) is 2.83. The molecule has 0 aliphatic carbocycles. The summed E-state index contributed by atoms with van der Waals surface area (Å²) in [5, 5.41) is 2.75. The van der Waals surface area contributed by atoms with Crippen LogP contribution in [0.1, 0.15) is 31.4 Å². The Balaban J connectivity index is 2.01. The summed E-state index contributed by atoms with van der Waals surface area (Å²) < 4.78 is 5.70. The van der Waals surface area contributed by atoms with E-state index in [1.54, 1.807) is 18.3 Å². The first-order valence-corrected chi connectivity index (χ1v) is 6.04. The van der Waals surface area contributed by atoms with Gasteiger partial charge in [-0.15, -0.1) is 0 Å². The molecule has 5 heteroatoms. The fourth-order valence-corrected chi connectivity index (χ4v) is 1.54. The molecule has 1 heterocycles. The van der Waals surface area contributed by atoms with Crippen LogP contribution < -0.4 is 10.1 Å². The van der Waals surface area contributed by atoms with E-state index in [1.807, 2.05) is 32.9 Å². The number of aromatic amines is 1. The number of nitrogens with one attached hydrogen (secondary N) is 2. The van der Waals surface area contributed by atoms with E-state index >= 15 is 0 Å². The van der Waals surface area contributed by atoms with E-state index in [-0.39, 0.29) is 17.3 Å². The highest BCUT2D eigenvalue weighted by molar-refractivity contribution is 6.01. The third-order valence-corrected chi connectivity index (χ3v) is 2.25. The molecule has 0 radical (unpaired) electrons. The molecule has 0 atom stereocenters. The number of imidazole rings is 1. The summed E-state index contributed by atoms with van der Waals surface area (Å²) in [7, 11) is 0. The molecule has 2 N–H and O–H groups in total. The number of benzene rings is 1. The Hall–Kier alpha value is -2.30. The molecule has 0 bridgehead atoms. The molecule has 1 aromatic carbocycles. The van der Waals surface area contributed by atoms with Crippen LogP contribution in [-0.2, 0) is 0 Å². The monoisotopic (exact) mass is 259 g/mol. The predicted molar refractivity (Wildman–Crippen MR) is 73.4 cm³/mol. The first kappa shape index (κ1) is 13.1. The minimum Gasteiger partial charge on any atom is -0.488 e. The fraction of sp³-hybridized carbons (Fsp3) is 0.286. The second-order valence-electron chi connectivity index (χ2n) is 5.13. The number of aromatic nitrogens is 2. The maximum atomic E-state index is 11.8. The summed E-state index contributed by atoms with van der Waals surface area (Å²) in [6, 6.07) is 7.23. The molecule has 0 unspecified atom stereocenters. The van der Waals surface area contributed by atoms with Crippen molar-refractivity contribution in [2.45, 2.75) is 26.4 Å². The highest BCUT2D eigenvalue weighted by Gasteiger charge is 2.12. The van der Waals surface area contributed by atoms with Crippen LogP contribution in [0.5, 0.6) is 5.75 Å². The van der Waals surface area contributed by atoms with Crippen molar-refractivity contribution in [1.29, 1.82) is 0 Å². The van der Waals surface area contributed by atoms with Gasteiger partial charge in [-0.3, -0.25) is 4.79 Å². The van der Waals surface area contributed by atoms with Crippen LogP contribution in [0.25, 0.3) is 0 Å². The van der Waals surface area contributed by atoms with Gasteiger partial charge in [0, 0.05) is 18.1 Å². The van der Waals surface area contributed by atoms with Gasteiger partial charge >= 0.3 is 0 Å². The van der Waals surface area contributed by atoms with Crippen molar-refractivity contribution in [2.24, 2.45) is 0 Å². The van der Waals surface area contributed by atoms with Crippen LogP contribution in [0.15, 0.2) is 36.7 Å². The van der Waals surface area contributed by atoms with E-state index in [2.05, 4.69) is 15.3 Å². The lowest BCUT2D eigenvalue weighted by molar-refractivity contribution is 0.101. The van der Waals surface area contributed by atoms with Gasteiger partial charge in [0.15, 0.2) is 5.82 Å². The summed E-state index contributed by atoms with van der Waals surface area (Å²) >= 11 is 0. The zero-order valence-electron chi connectivity index (χ0n) is 11.2. The minimum atomic E-state index is -0.269. The maximum Gasteiger partial charge on any atom is 0.291 e. The molecule has 1 amide bonds. The molecule has 19 heavy (non-hydrogen) atoms. The topological polar surface area (TPSA) is 67.0 Å². The lowest BCUT2D eigenvalue weighted by Gasteiger charge is -2.21. The number of nitrogens with zero attached hydrogens (tertiary/aromatic N) is 1. The number of anilines is 1. The molecule has 0 saturated carbocycles. The summed E-state index contributed by atoms with van der Waals surface area (Å²) in [6.07, 6.45) is 3.14. The Morgan fingerprint density at radius 2 is 1.95 bits per heavy atom. The second-order valence-corrected chi connectivity index (χ2v) is 5.13. The van der Waals surface area contributed by atoms with Crippen molar-refractivity contribution < 1.29 is 9.53 Å². The van der Waals surface area contributed by atoms with Crippen molar-refractivity contribution in [3.05, 3.63) is 42.5 Å². The first-order valence-electron chi connectivity index (χ1n) is 6.04. The highest BCUT2D eigenvalue weighted by Crippen LogP contribution is 2.20. The summed E-state index contributed by atoms with van der Waals surface area (Å²) in [4.78, 5) is 18.4. The summed E-state index contributed by atoms with van der Waals surface area (Å²) in [5.74, 6) is 0.785. The van der Waals surface area contributed by atoms with E-state index < -0.39 is 0 Å². The van der Waals surface area contributed by atoms with Crippen molar-refractivity contribution >= 4 is 11.6 Å². The quantitative estimate of drug-likeness (QED) is 0.890. The van der Waals surface area contributed by atoms with Gasteiger partial charge in [-0.2, -0.15) is 0 Å². The molecule has 0 fully saturated rings. The molecule has 0 spiro atoms. The predicted octanol–water partition coefficient (Wildman–Crippen LogP) is 2.84. The van der Waals surface area contributed by atoms with Crippen LogP contribution in [0.2, 0.25) is 0 Å². The van der Waals surface area contributed by atoms with E-state index in [4.69, 9.17) is 4.74 Å². The largest absolute Gasteiger partial charge is 0.488 e. The number of carbonyl (C=O) groups excluding carboxylic acids is 1. The Bertz CT molecular complexity index is 539. The normalized spacial score (nSPS) is 11.1. The van der Waals surface area contributed by atoms with Gasteiger partial charge in [0.05, 0.1) is 0 Å². The van der Waals surface area contributed by atoms with Gasteiger partial charge in [0.25, 0.3) is 5.91 Å². The minimum absolute atomic E-state index is 0.237. The zero-order chi connectivity index (χ0) is 13.9. The van der Waals surface area contributed by atoms with E-state index in [0.717, 1.165) is 5.75 Å². The zero-order valence-corrected chi connectivity index (χ0v) is 11.2. The van der Waals surface area contributed by atoms with E-state index in [1.165, 1.54) is 6.20 Å². The molecule has 0 saturated heterocycles. The lowest BCUT2D eigenvalue weighted by atomic mass is 10.2. The smallest absolute Gasteiger partial charge is 0.291 e. The first-order chi connectivity index (χ1) is 8.94. The number of H-pyrrole nitrogens is 1. The molecule has 5 nitrogen and oxygen atoms in total. The summed E-state index contributed by atoms with van der Waals surface area (Å²) in [6.45, 7) is 5.96. The van der Waals surface area contributed by atoms with Crippen LogP contribution in [0.4, 0.5) is 5.69 Å². The van der Waals surface area contributed by atoms with Crippen molar-refractivity contribution in [3.63, 3.8) is 0 Å². The van der Waals surface area contributed by atoms with Crippen LogP contribution in [-0.4, -0.2) is 21.5 Å². The van der Waals surface area contributed by atoms with Crippen LogP contribution in [0, 0.1) is 0 Å². The Morgan fingerprint density at radius 3 is 2.47 bits per heavy atom. The van der Waals surface area contributed by atoms with Gasteiger partial charge in [-0.1, -0.05) is 0 Å². The Labute approximate surface area is 112 Å². The third-order valence-electron chi connectivity index (χ3n) is 2.25. The Kier molecular flexibility index (Phi) is 3.55. The standard InChI is InChI=1S/C14H17N3O2/c1-14(2,3)19-11-6-4-10(5-7-11)17-13(18)12-15-8-9-16-12/h4-9H,1-3H3,(H,15,16)(H,17,18). The lowest BCUT2D eigenvalue weighted by Crippen LogP contribution is -2.22. The fourth-order valence-electron chi connectivity index (χ4n) is 1.54. The Morgan fingerprint density at radius 1 is 1.26 bits per heavy atom. The van der Waals surface area contributed by atoms with Crippen LogP contribution >= 0.6 is 0 Å². The number of rotatable bonds is 3. The van der Waals surface area contributed by atoms with Gasteiger partial charge < -0.3 is 15.0 Å².